The molecule has 0 saturated heterocycles. The van der Waals surface area contributed by atoms with Crippen LogP contribution in [0.3, 0.4) is 0 Å². The summed E-state index contributed by atoms with van der Waals surface area (Å²) in [5.74, 6) is -0.0792. The molecular formula is C14H19N5O7S. The Morgan fingerprint density at radius 1 is 1.33 bits per heavy atom. The summed E-state index contributed by atoms with van der Waals surface area (Å²) >= 11 is 0. The van der Waals surface area contributed by atoms with Gasteiger partial charge in [-0.2, -0.15) is 4.68 Å². The predicted octanol–water partition coefficient (Wildman–Crippen LogP) is -0.470. The van der Waals surface area contributed by atoms with Crippen LogP contribution < -0.4 is 21.4 Å². The minimum atomic E-state index is -3.92. The van der Waals surface area contributed by atoms with Crippen LogP contribution in [0.25, 0.3) is 10.9 Å². The van der Waals surface area contributed by atoms with Crippen molar-refractivity contribution in [3.63, 3.8) is 0 Å². The van der Waals surface area contributed by atoms with Crippen molar-refractivity contribution in [2.45, 2.75) is 19.9 Å². The number of fused-ring (bicyclic) bond motifs is 1. The average molecular weight is 401 g/mol. The summed E-state index contributed by atoms with van der Waals surface area (Å²) in [6.07, 6.45) is 0.764. The first-order valence-corrected chi connectivity index (χ1v) is 9.66. The van der Waals surface area contributed by atoms with Crippen LogP contribution in [0.4, 0.5) is 11.4 Å². The maximum absolute atomic E-state index is 12.5. The van der Waals surface area contributed by atoms with Gasteiger partial charge in [0.1, 0.15) is 5.69 Å². The van der Waals surface area contributed by atoms with E-state index in [4.69, 9.17) is 0 Å². The predicted molar refractivity (Wildman–Crippen MR) is 99.0 cm³/mol. The van der Waals surface area contributed by atoms with E-state index in [1.807, 2.05) is 0 Å². The van der Waals surface area contributed by atoms with Gasteiger partial charge in [-0.3, -0.25) is 14.9 Å². The number of nitro benzene ring substituents is 1. The number of benzene rings is 1. The highest BCUT2D eigenvalue weighted by molar-refractivity contribution is 7.91. The fourth-order valence-electron chi connectivity index (χ4n) is 2.39. The van der Waals surface area contributed by atoms with Crippen LogP contribution in [0.15, 0.2) is 21.7 Å². The minimum Gasteiger partial charge on any atom is -0.394 e. The third-order valence-electron chi connectivity index (χ3n) is 3.81. The molecule has 1 atom stereocenters. The van der Waals surface area contributed by atoms with Gasteiger partial charge in [0, 0.05) is 6.07 Å². The first-order chi connectivity index (χ1) is 12.4. The molecule has 0 amide bonds. The van der Waals surface area contributed by atoms with E-state index in [0.29, 0.717) is 0 Å². The molecule has 0 aliphatic carbocycles. The largest absolute Gasteiger partial charge is 0.394 e. The highest BCUT2D eigenvalue weighted by Gasteiger charge is 2.22. The van der Waals surface area contributed by atoms with Crippen molar-refractivity contribution < 1.29 is 18.4 Å². The highest BCUT2D eigenvalue weighted by Crippen LogP contribution is 2.29. The molecule has 1 heterocycles. The maximum Gasteiger partial charge on any atom is 0.348 e. The lowest BCUT2D eigenvalue weighted by Crippen LogP contribution is -2.43. The summed E-state index contributed by atoms with van der Waals surface area (Å²) in [5.41, 5.74) is -2.68. The molecule has 1 aromatic heterocycles. The fraction of sp³-hybridized carbons (Fsp3) is 0.429. The Hall–Kier alpha value is -2.93. The van der Waals surface area contributed by atoms with Crippen LogP contribution in [0.2, 0.25) is 0 Å². The van der Waals surface area contributed by atoms with Crippen molar-refractivity contribution in [2.24, 2.45) is 5.92 Å². The zero-order chi connectivity index (χ0) is 20.5. The standard InChI is InChI=1S/C14H19N5O7S/c1-7(2)11(6-20)15-10-4-8-9(5-12(10)19(23)24)16-14(22)18(13(8)21)17-27(3,25)26/h4-5,7,11,15,17,20H,6H2,1-3H3,(H,16,22). The maximum atomic E-state index is 12.5. The van der Waals surface area contributed by atoms with Gasteiger partial charge in [0.05, 0.1) is 34.7 Å². The van der Waals surface area contributed by atoms with E-state index >= 15 is 0 Å². The number of nitrogens with one attached hydrogen (secondary N) is 3. The number of aromatic nitrogens is 2. The van der Waals surface area contributed by atoms with Crippen molar-refractivity contribution in [2.75, 3.05) is 23.0 Å². The zero-order valence-corrected chi connectivity index (χ0v) is 15.5. The van der Waals surface area contributed by atoms with E-state index in [0.717, 1.165) is 18.4 Å². The first-order valence-electron chi connectivity index (χ1n) is 7.77. The molecular weight excluding hydrogens is 382 g/mol. The lowest BCUT2D eigenvalue weighted by molar-refractivity contribution is -0.383. The Kier molecular flexibility index (Phi) is 5.56. The SMILES string of the molecule is CC(C)C(CO)Nc1cc2c(=O)n(NS(C)(=O)=O)c(=O)[nH]c2cc1[N+](=O)[O-]. The Morgan fingerprint density at radius 2 is 1.96 bits per heavy atom. The van der Waals surface area contributed by atoms with Crippen LogP contribution in [0, 0.1) is 16.0 Å². The number of hydrogen-bond donors (Lipinski definition) is 4. The molecule has 2 rings (SSSR count). The van der Waals surface area contributed by atoms with Gasteiger partial charge in [-0.05, 0) is 12.0 Å². The van der Waals surface area contributed by atoms with Crippen molar-refractivity contribution in [3.05, 3.63) is 43.1 Å². The van der Waals surface area contributed by atoms with E-state index < -0.39 is 37.9 Å². The summed E-state index contributed by atoms with van der Waals surface area (Å²) in [4.78, 5) is 39.2. The second kappa shape index (κ2) is 7.36. The van der Waals surface area contributed by atoms with Crippen molar-refractivity contribution in [3.8, 4) is 0 Å². The number of nitro groups is 1. The van der Waals surface area contributed by atoms with Gasteiger partial charge in [0.15, 0.2) is 0 Å². The van der Waals surface area contributed by atoms with E-state index in [9.17, 15) is 33.2 Å². The van der Waals surface area contributed by atoms with Crippen molar-refractivity contribution >= 4 is 32.3 Å². The minimum absolute atomic E-state index is 0.0460. The van der Waals surface area contributed by atoms with Crippen LogP contribution in [-0.4, -0.2) is 47.0 Å². The Balaban J connectivity index is 2.76. The lowest BCUT2D eigenvalue weighted by Gasteiger charge is -2.21. The van der Waals surface area contributed by atoms with Gasteiger partial charge in [0.25, 0.3) is 11.2 Å². The summed E-state index contributed by atoms with van der Waals surface area (Å²) in [7, 11) is -3.92. The normalized spacial score (nSPS) is 12.9. The average Bonchev–Trinajstić information content (AvgIpc) is 2.54. The number of nitrogens with zero attached hydrogens (tertiary/aromatic N) is 2. The number of aliphatic hydroxyl groups is 1. The molecule has 0 fully saturated rings. The number of aromatic amines is 1. The molecule has 1 unspecified atom stereocenters. The molecule has 0 saturated carbocycles. The topological polar surface area (TPSA) is 176 Å². The van der Waals surface area contributed by atoms with Crippen LogP contribution in [0.5, 0.6) is 0 Å². The van der Waals surface area contributed by atoms with Gasteiger partial charge in [-0.1, -0.05) is 13.8 Å². The number of H-pyrrole nitrogens is 1. The van der Waals surface area contributed by atoms with Crippen LogP contribution >= 0.6 is 0 Å². The summed E-state index contributed by atoms with van der Waals surface area (Å²) in [6, 6.07) is 1.61. The molecule has 0 radical (unpaired) electrons. The van der Waals surface area contributed by atoms with Crippen molar-refractivity contribution in [1.82, 2.24) is 9.66 Å². The summed E-state index contributed by atoms with van der Waals surface area (Å²) in [6.45, 7) is 3.28. The third kappa shape index (κ3) is 4.43. The smallest absolute Gasteiger partial charge is 0.348 e. The number of sulfonamides is 1. The second-order valence-corrected chi connectivity index (χ2v) is 8.01. The first kappa shape index (κ1) is 20.4. The fourth-order valence-corrected chi connectivity index (χ4v) is 2.89. The molecule has 148 valence electrons. The number of anilines is 1. The molecule has 0 aliphatic rings. The monoisotopic (exact) mass is 401 g/mol. The van der Waals surface area contributed by atoms with E-state index in [-0.39, 0.29) is 33.8 Å². The molecule has 12 nitrogen and oxygen atoms in total. The van der Waals surface area contributed by atoms with Gasteiger partial charge in [-0.15, -0.1) is 0 Å². The number of aliphatic hydroxyl groups excluding tert-OH is 1. The Labute approximate surface area is 153 Å². The number of rotatable bonds is 7. The highest BCUT2D eigenvalue weighted by atomic mass is 32.2. The Morgan fingerprint density at radius 3 is 2.44 bits per heavy atom. The summed E-state index contributed by atoms with van der Waals surface area (Å²) < 4.78 is 23.0. The molecule has 0 aliphatic heterocycles. The molecule has 0 bridgehead atoms. The van der Waals surface area contributed by atoms with Gasteiger partial charge < -0.3 is 15.4 Å². The zero-order valence-electron chi connectivity index (χ0n) is 14.7. The summed E-state index contributed by atoms with van der Waals surface area (Å²) in [5, 5.41) is 23.5. The second-order valence-electron chi connectivity index (χ2n) is 6.28. The van der Waals surface area contributed by atoms with E-state index in [2.05, 4.69) is 10.3 Å². The van der Waals surface area contributed by atoms with Gasteiger partial charge >= 0.3 is 5.69 Å². The van der Waals surface area contributed by atoms with Gasteiger partial charge in [-0.25, -0.2) is 18.0 Å². The molecule has 13 heteroatoms. The van der Waals surface area contributed by atoms with Crippen LogP contribution in [0.1, 0.15) is 13.8 Å². The number of hydrogen-bond acceptors (Lipinski definition) is 8. The molecule has 27 heavy (non-hydrogen) atoms. The van der Waals surface area contributed by atoms with Crippen LogP contribution in [-0.2, 0) is 10.0 Å². The quantitative estimate of drug-likeness (QED) is 0.355. The van der Waals surface area contributed by atoms with Crippen molar-refractivity contribution in [1.29, 1.82) is 0 Å². The van der Waals surface area contributed by atoms with E-state index in [1.54, 1.807) is 18.7 Å². The third-order valence-corrected chi connectivity index (χ3v) is 4.32. The molecule has 0 spiro atoms. The Bertz CT molecular complexity index is 1100. The molecule has 4 N–H and O–H groups in total. The molecule has 2 aromatic rings. The van der Waals surface area contributed by atoms with Gasteiger partial charge in [0.2, 0.25) is 10.0 Å². The molecule has 1 aromatic carbocycles. The lowest BCUT2D eigenvalue weighted by atomic mass is 10.0. The van der Waals surface area contributed by atoms with E-state index in [1.165, 1.54) is 0 Å².